The number of rotatable bonds is 5. The molecule has 3 heteroatoms. The molecular weight excluding hydrogens is 222 g/mol. The van der Waals surface area contributed by atoms with Gasteiger partial charge in [0.05, 0.1) is 0 Å². The van der Waals surface area contributed by atoms with Crippen LogP contribution in [0.2, 0.25) is 0 Å². The van der Waals surface area contributed by atoms with Gasteiger partial charge in [-0.25, -0.2) is 0 Å². The van der Waals surface area contributed by atoms with Gasteiger partial charge in [-0.15, -0.1) is 0 Å². The first-order valence-electron chi connectivity index (χ1n) is 7.03. The fourth-order valence-electron chi connectivity index (χ4n) is 2.84. The molecule has 0 amide bonds. The van der Waals surface area contributed by atoms with E-state index in [0.29, 0.717) is 0 Å². The van der Waals surface area contributed by atoms with Gasteiger partial charge in [0.1, 0.15) is 0 Å². The molecule has 1 aliphatic heterocycles. The largest absolute Gasteiger partial charge is 0.330 e. The van der Waals surface area contributed by atoms with Gasteiger partial charge in [0, 0.05) is 18.9 Å². The van der Waals surface area contributed by atoms with Gasteiger partial charge in [-0.3, -0.25) is 4.98 Å². The van der Waals surface area contributed by atoms with Crippen molar-refractivity contribution in [1.29, 1.82) is 0 Å². The summed E-state index contributed by atoms with van der Waals surface area (Å²) in [4.78, 5) is 6.66. The number of hydrogen-bond donors (Lipinski definition) is 1. The molecule has 0 bridgehead atoms. The fraction of sp³-hybridized carbons (Fsp3) is 0.667. The third-order valence-electron chi connectivity index (χ3n) is 3.93. The van der Waals surface area contributed by atoms with Crippen LogP contribution in [0, 0.1) is 5.41 Å². The zero-order valence-electron chi connectivity index (χ0n) is 11.4. The molecule has 1 unspecified atom stereocenters. The van der Waals surface area contributed by atoms with Crippen LogP contribution in [0.3, 0.4) is 0 Å². The summed E-state index contributed by atoms with van der Waals surface area (Å²) in [5.74, 6) is 0. The van der Waals surface area contributed by atoms with Crippen LogP contribution in [0.1, 0.15) is 31.7 Å². The summed E-state index contributed by atoms with van der Waals surface area (Å²) in [6, 6.07) is 4.20. The molecule has 1 atom stereocenters. The number of nitrogens with two attached hydrogens (primary N) is 1. The van der Waals surface area contributed by atoms with Crippen molar-refractivity contribution in [3.05, 3.63) is 30.1 Å². The molecule has 2 rings (SSSR count). The van der Waals surface area contributed by atoms with E-state index in [9.17, 15) is 0 Å². The number of nitrogens with zero attached hydrogens (tertiary/aromatic N) is 2. The summed E-state index contributed by atoms with van der Waals surface area (Å²) in [6.45, 7) is 6.65. The first-order valence-corrected chi connectivity index (χ1v) is 7.03. The Morgan fingerprint density at radius 1 is 1.22 bits per heavy atom. The Bertz CT molecular complexity index is 346. The summed E-state index contributed by atoms with van der Waals surface area (Å²) in [5.41, 5.74) is 7.55. The lowest BCUT2D eigenvalue weighted by molar-refractivity contribution is 0.145. The SMILES string of the molecule is CC(CN)(Cc1ccncc1)CN1CCCCC1. The minimum Gasteiger partial charge on any atom is -0.330 e. The second kappa shape index (κ2) is 6.30. The van der Waals surface area contributed by atoms with Crippen molar-refractivity contribution >= 4 is 0 Å². The Labute approximate surface area is 110 Å². The summed E-state index contributed by atoms with van der Waals surface area (Å²) in [5, 5.41) is 0. The first kappa shape index (κ1) is 13.5. The van der Waals surface area contributed by atoms with Crippen LogP contribution in [-0.4, -0.2) is 36.1 Å². The van der Waals surface area contributed by atoms with E-state index in [1.165, 1.54) is 37.9 Å². The molecule has 0 aromatic carbocycles. The molecule has 100 valence electrons. The van der Waals surface area contributed by atoms with Crippen LogP contribution in [-0.2, 0) is 6.42 Å². The highest BCUT2D eigenvalue weighted by Crippen LogP contribution is 2.24. The normalized spacial score (nSPS) is 20.6. The lowest BCUT2D eigenvalue weighted by Gasteiger charge is -2.36. The van der Waals surface area contributed by atoms with Crippen molar-refractivity contribution in [1.82, 2.24) is 9.88 Å². The van der Waals surface area contributed by atoms with E-state index in [1.54, 1.807) is 0 Å². The van der Waals surface area contributed by atoms with Crippen LogP contribution >= 0.6 is 0 Å². The molecule has 2 N–H and O–H groups in total. The van der Waals surface area contributed by atoms with Crippen molar-refractivity contribution in [2.45, 2.75) is 32.6 Å². The molecule has 0 radical (unpaired) electrons. The highest BCUT2D eigenvalue weighted by atomic mass is 15.1. The maximum absolute atomic E-state index is 6.03. The van der Waals surface area contributed by atoms with Gasteiger partial charge < -0.3 is 10.6 Å². The number of pyridine rings is 1. The van der Waals surface area contributed by atoms with E-state index in [-0.39, 0.29) is 5.41 Å². The zero-order chi connectivity index (χ0) is 12.8. The average molecular weight is 247 g/mol. The Hall–Kier alpha value is -0.930. The van der Waals surface area contributed by atoms with Crippen LogP contribution < -0.4 is 5.73 Å². The van der Waals surface area contributed by atoms with Gasteiger partial charge in [-0.2, -0.15) is 0 Å². The van der Waals surface area contributed by atoms with Gasteiger partial charge in [0.25, 0.3) is 0 Å². The monoisotopic (exact) mass is 247 g/mol. The number of aromatic nitrogens is 1. The lowest BCUT2D eigenvalue weighted by Crippen LogP contribution is -2.44. The standard InChI is InChI=1S/C15H25N3/c1-15(12-16,11-14-5-7-17-8-6-14)13-18-9-3-2-4-10-18/h5-8H,2-4,9-13,16H2,1H3. The smallest absolute Gasteiger partial charge is 0.0270 e. The van der Waals surface area contributed by atoms with E-state index in [2.05, 4.69) is 28.9 Å². The molecule has 0 spiro atoms. The molecule has 1 aliphatic rings. The van der Waals surface area contributed by atoms with E-state index < -0.39 is 0 Å². The van der Waals surface area contributed by atoms with Gasteiger partial charge >= 0.3 is 0 Å². The number of likely N-dealkylation sites (tertiary alicyclic amines) is 1. The minimum absolute atomic E-state index is 0.179. The maximum atomic E-state index is 6.03. The molecule has 2 heterocycles. The van der Waals surface area contributed by atoms with Crippen LogP contribution in [0.4, 0.5) is 0 Å². The summed E-state index contributed by atoms with van der Waals surface area (Å²) < 4.78 is 0. The Kier molecular flexibility index (Phi) is 4.72. The molecule has 0 aliphatic carbocycles. The predicted molar refractivity (Wildman–Crippen MR) is 75.4 cm³/mol. The lowest BCUT2D eigenvalue weighted by atomic mass is 9.83. The molecule has 18 heavy (non-hydrogen) atoms. The summed E-state index contributed by atoms with van der Waals surface area (Å²) in [6.07, 6.45) is 8.86. The second-order valence-corrected chi connectivity index (χ2v) is 5.88. The molecule has 1 saturated heterocycles. The van der Waals surface area contributed by atoms with Crippen molar-refractivity contribution < 1.29 is 0 Å². The van der Waals surface area contributed by atoms with Crippen LogP contribution in [0.5, 0.6) is 0 Å². The van der Waals surface area contributed by atoms with E-state index >= 15 is 0 Å². The highest BCUT2D eigenvalue weighted by molar-refractivity contribution is 5.12. The molecule has 1 aromatic heterocycles. The first-order chi connectivity index (χ1) is 8.72. The quantitative estimate of drug-likeness (QED) is 0.866. The molecule has 1 fully saturated rings. The Morgan fingerprint density at radius 2 is 1.89 bits per heavy atom. The third kappa shape index (κ3) is 3.79. The van der Waals surface area contributed by atoms with Crippen molar-refractivity contribution in [2.24, 2.45) is 11.1 Å². The van der Waals surface area contributed by atoms with Gasteiger partial charge in [0.15, 0.2) is 0 Å². The maximum Gasteiger partial charge on any atom is 0.0270 e. The van der Waals surface area contributed by atoms with E-state index in [4.69, 9.17) is 5.73 Å². The van der Waals surface area contributed by atoms with Crippen molar-refractivity contribution in [2.75, 3.05) is 26.2 Å². The highest BCUT2D eigenvalue weighted by Gasteiger charge is 2.26. The molecule has 1 aromatic rings. The molecule has 3 nitrogen and oxygen atoms in total. The van der Waals surface area contributed by atoms with E-state index in [0.717, 1.165) is 19.5 Å². The fourth-order valence-corrected chi connectivity index (χ4v) is 2.84. The van der Waals surface area contributed by atoms with Crippen molar-refractivity contribution in [3.63, 3.8) is 0 Å². The third-order valence-corrected chi connectivity index (χ3v) is 3.93. The summed E-state index contributed by atoms with van der Waals surface area (Å²) in [7, 11) is 0. The Morgan fingerprint density at radius 3 is 2.50 bits per heavy atom. The van der Waals surface area contributed by atoms with E-state index in [1.807, 2.05) is 12.4 Å². The van der Waals surface area contributed by atoms with Gasteiger partial charge in [-0.1, -0.05) is 13.3 Å². The Balaban J connectivity index is 1.96. The van der Waals surface area contributed by atoms with Gasteiger partial charge in [-0.05, 0) is 62.0 Å². The topological polar surface area (TPSA) is 42.1 Å². The minimum atomic E-state index is 0.179. The average Bonchev–Trinajstić information content (AvgIpc) is 2.41. The van der Waals surface area contributed by atoms with Crippen LogP contribution in [0.25, 0.3) is 0 Å². The number of piperidine rings is 1. The van der Waals surface area contributed by atoms with Crippen LogP contribution in [0.15, 0.2) is 24.5 Å². The predicted octanol–water partition coefficient (Wildman–Crippen LogP) is 2.08. The van der Waals surface area contributed by atoms with Crippen molar-refractivity contribution in [3.8, 4) is 0 Å². The second-order valence-electron chi connectivity index (χ2n) is 5.88. The molecule has 0 saturated carbocycles. The van der Waals surface area contributed by atoms with Gasteiger partial charge in [0.2, 0.25) is 0 Å². The number of hydrogen-bond acceptors (Lipinski definition) is 3. The summed E-state index contributed by atoms with van der Waals surface area (Å²) >= 11 is 0. The zero-order valence-corrected chi connectivity index (χ0v) is 11.4. The molecular formula is C15H25N3.